The van der Waals surface area contributed by atoms with Crippen LogP contribution in [-0.4, -0.2) is 16.5 Å². The van der Waals surface area contributed by atoms with Gasteiger partial charge in [-0.25, -0.2) is 0 Å². The van der Waals surface area contributed by atoms with Crippen LogP contribution in [0.25, 0.3) is 0 Å². The van der Waals surface area contributed by atoms with Gasteiger partial charge in [0.1, 0.15) is 0 Å². The van der Waals surface area contributed by atoms with Crippen LogP contribution in [-0.2, 0) is 4.79 Å². The highest BCUT2D eigenvalue weighted by Crippen LogP contribution is 2.73. The minimum atomic E-state index is -0.474. The molecule has 1 N–H and O–H groups in total. The Morgan fingerprint density at radius 3 is 2.71 bits per heavy atom. The molecule has 3 saturated carbocycles. The number of carbonyl (C=O) groups excluding carboxylic acids is 1. The van der Waals surface area contributed by atoms with E-state index in [0.717, 1.165) is 31.6 Å². The molecule has 0 aromatic carbocycles. The van der Waals surface area contributed by atoms with Crippen LogP contribution in [0.15, 0.2) is 11.6 Å². The van der Waals surface area contributed by atoms with Crippen LogP contribution in [0.3, 0.4) is 0 Å². The van der Waals surface area contributed by atoms with Crippen molar-refractivity contribution in [1.82, 2.24) is 0 Å². The molecule has 1 spiro atoms. The van der Waals surface area contributed by atoms with Crippen LogP contribution in [0.2, 0.25) is 0 Å². The van der Waals surface area contributed by atoms with Gasteiger partial charge in [0.25, 0.3) is 0 Å². The van der Waals surface area contributed by atoms with Crippen LogP contribution in [0, 0.1) is 28.6 Å². The van der Waals surface area contributed by atoms with Gasteiger partial charge in [-0.1, -0.05) is 12.5 Å². The Morgan fingerprint density at radius 1 is 1.19 bits per heavy atom. The molecule has 21 heavy (non-hydrogen) atoms. The molecule has 116 valence electrons. The van der Waals surface area contributed by atoms with Crippen LogP contribution in [0.4, 0.5) is 0 Å². The number of ketones is 1. The van der Waals surface area contributed by atoms with E-state index in [-0.39, 0.29) is 5.41 Å². The molecule has 3 fully saturated rings. The molecule has 4 rings (SSSR count). The van der Waals surface area contributed by atoms with E-state index in [4.69, 9.17) is 0 Å². The Labute approximate surface area is 128 Å². The number of hydrogen-bond acceptors (Lipinski definition) is 2. The number of fused-ring (bicyclic) bond motifs is 2. The van der Waals surface area contributed by atoms with Gasteiger partial charge in [-0.2, -0.15) is 0 Å². The van der Waals surface area contributed by atoms with Gasteiger partial charge in [0.05, 0.1) is 5.60 Å². The summed E-state index contributed by atoms with van der Waals surface area (Å²) in [4.78, 5) is 12.3. The molecule has 2 heteroatoms. The molecule has 0 heterocycles. The summed E-state index contributed by atoms with van der Waals surface area (Å²) in [6.45, 7) is 6.61. The number of rotatable bonds is 0. The average molecular weight is 288 g/mol. The van der Waals surface area contributed by atoms with E-state index in [9.17, 15) is 9.90 Å². The molecular weight excluding hydrogens is 260 g/mol. The van der Waals surface area contributed by atoms with Crippen LogP contribution < -0.4 is 0 Å². The van der Waals surface area contributed by atoms with Gasteiger partial charge in [-0.05, 0) is 87.0 Å². The predicted molar refractivity (Wildman–Crippen MR) is 82.7 cm³/mol. The van der Waals surface area contributed by atoms with Crippen molar-refractivity contribution in [3.8, 4) is 0 Å². The summed E-state index contributed by atoms with van der Waals surface area (Å²) in [5.74, 6) is 2.11. The van der Waals surface area contributed by atoms with Gasteiger partial charge in [-0.3, -0.25) is 4.79 Å². The minimum absolute atomic E-state index is 0.136. The molecule has 0 aliphatic heterocycles. The molecule has 2 bridgehead atoms. The quantitative estimate of drug-likeness (QED) is 0.734. The highest BCUT2D eigenvalue weighted by molar-refractivity contribution is 5.92. The molecule has 6 atom stereocenters. The lowest BCUT2D eigenvalue weighted by atomic mass is 9.43. The van der Waals surface area contributed by atoms with Crippen molar-refractivity contribution in [1.29, 1.82) is 0 Å². The first-order valence-electron chi connectivity index (χ1n) is 8.72. The average Bonchev–Trinajstić information content (AvgIpc) is 2.72. The summed E-state index contributed by atoms with van der Waals surface area (Å²) < 4.78 is 0. The zero-order chi connectivity index (χ0) is 15.0. The van der Waals surface area contributed by atoms with Gasteiger partial charge >= 0.3 is 0 Å². The summed E-state index contributed by atoms with van der Waals surface area (Å²) in [7, 11) is 0. The fourth-order valence-corrected chi connectivity index (χ4v) is 6.93. The van der Waals surface area contributed by atoms with Gasteiger partial charge in [0.15, 0.2) is 5.78 Å². The maximum atomic E-state index is 12.3. The van der Waals surface area contributed by atoms with Gasteiger partial charge in [0.2, 0.25) is 0 Å². The van der Waals surface area contributed by atoms with Gasteiger partial charge < -0.3 is 5.11 Å². The van der Waals surface area contributed by atoms with Crippen molar-refractivity contribution in [2.45, 2.75) is 71.3 Å². The van der Waals surface area contributed by atoms with Gasteiger partial charge in [-0.15, -0.1) is 0 Å². The first-order valence-corrected chi connectivity index (χ1v) is 8.72. The fraction of sp³-hybridized carbons (Fsp3) is 0.842. The second-order valence-electron chi connectivity index (χ2n) is 8.93. The summed E-state index contributed by atoms with van der Waals surface area (Å²) in [5.41, 5.74) is 1.30. The summed E-state index contributed by atoms with van der Waals surface area (Å²) in [5, 5.41) is 10.7. The number of allylic oxidation sites excluding steroid dienone is 2. The smallest absolute Gasteiger partial charge is 0.156 e. The third-order valence-electron chi connectivity index (χ3n) is 8.11. The molecule has 0 radical (unpaired) electrons. The van der Waals surface area contributed by atoms with E-state index in [1.165, 1.54) is 24.8 Å². The third kappa shape index (κ3) is 1.60. The highest BCUT2D eigenvalue weighted by atomic mass is 16.3. The van der Waals surface area contributed by atoms with Crippen molar-refractivity contribution < 1.29 is 9.90 Å². The number of hydrogen-bond donors (Lipinski definition) is 1. The lowest BCUT2D eigenvalue weighted by molar-refractivity contribution is -0.140. The van der Waals surface area contributed by atoms with Crippen LogP contribution in [0.5, 0.6) is 0 Å². The molecule has 4 aliphatic rings. The minimum Gasteiger partial charge on any atom is -0.390 e. The van der Waals surface area contributed by atoms with Gasteiger partial charge in [0, 0.05) is 6.42 Å². The fourth-order valence-electron chi connectivity index (χ4n) is 6.93. The number of aliphatic hydroxyl groups is 1. The van der Waals surface area contributed by atoms with E-state index in [2.05, 4.69) is 13.8 Å². The van der Waals surface area contributed by atoms with Crippen molar-refractivity contribution in [2.75, 3.05) is 0 Å². The second-order valence-corrected chi connectivity index (χ2v) is 8.93. The molecule has 0 amide bonds. The Kier molecular flexibility index (Phi) is 2.67. The van der Waals surface area contributed by atoms with Crippen molar-refractivity contribution in [3.05, 3.63) is 11.6 Å². The largest absolute Gasteiger partial charge is 0.390 e. The molecule has 0 saturated heterocycles. The molecule has 0 aromatic rings. The van der Waals surface area contributed by atoms with Crippen molar-refractivity contribution >= 4 is 5.78 Å². The first kappa shape index (κ1) is 14.0. The van der Waals surface area contributed by atoms with Crippen LogP contribution >= 0.6 is 0 Å². The molecule has 0 aromatic heterocycles. The predicted octanol–water partition coefficient (Wildman–Crippen LogP) is 3.88. The lowest BCUT2D eigenvalue weighted by Gasteiger charge is -2.61. The molecule has 0 unspecified atom stereocenters. The standard InChI is InChI=1S/C19H28O2/c1-12-8-15(20)11-17(2)16(12)5-4-13-9-14-10-19(13,17)7-6-18(14,3)21/h8,13-14,16,21H,4-7,9-11H2,1-3H3/t13-,14-,16-,17-,18-,19+/m0/s1. The Bertz CT molecular complexity index is 532. The summed E-state index contributed by atoms with van der Waals surface area (Å²) in [6.07, 6.45) is 9.57. The van der Waals surface area contributed by atoms with E-state index in [1.807, 2.05) is 13.0 Å². The molecule has 4 aliphatic carbocycles. The van der Waals surface area contributed by atoms with E-state index in [1.54, 1.807) is 0 Å². The maximum absolute atomic E-state index is 12.3. The highest BCUT2D eigenvalue weighted by Gasteiger charge is 2.67. The normalized spacial score (nSPS) is 55.7. The van der Waals surface area contributed by atoms with E-state index >= 15 is 0 Å². The first-order chi connectivity index (χ1) is 9.78. The summed E-state index contributed by atoms with van der Waals surface area (Å²) >= 11 is 0. The maximum Gasteiger partial charge on any atom is 0.156 e. The second kappa shape index (κ2) is 4.01. The SMILES string of the molecule is CC1=CC(=O)C[C@@]2(C)[C@H]1CC[C@H]1C[C@H]3C[C@]12CC[C@]3(C)O. The Hall–Kier alpha value is -0.630. The van der Waals surface area contributed by atoms with E-state index in [0.29, 0.717) is 23.0 Å². The summed E-state index contributed by atoms with van der Waals surface area (Å²) in [6, 6.07) is 0. The van der Waals surface area contributed by atoms with E-state index < -0.39 is 5.60 Å². The Morgan fingerprint density at radius 2 is 1.95 bits per heavy atom. The lowest BCUT2D eigenvalue weighted by Crippen LogP contribution is -2.55. The zero-order valence-corrected chi connectivity index (χ0v) is 13.6. The Balaban J connectivity index is 1.80. The number of carbonyl (C=O) groups is 1. The van der Waals surface area contributed by atoms with Crippen molar-refractivity contribution in [2.24, 2.45) is 28.6 Å². The van der Waals surface area contributed by atoms with Crippen molar-refractivity contribution in [3.63, 3.8) is 0 Å². The monoisotopic (exact) mass is 288 g/mol. The third-order valence-corrected chi connectivity index (χ3v) is 8.11. The molecule has 2 nitrogen and oxygen atoms in total. The zero-order valence-electron chi connectivity index (χ0n) is 13.6. The van der Waals surface area contributed by atoms with Crippen LogP contribution in [0.1, 0.15) is 65.7 Å². The topological polar surface area (TPSA) is 37.3 Å². The molecular formula is C19H28O2.